The Balaban J connectivity index is 2.03. The zero-order valence-corrected chi connectivity index (χ0v) is 10.0. The van der Waals surface area contributed by atoms with Gasteiger partial charge in [0.15, 0.2) is 11.4 Å². The summed E-state index contributed by atoms with van der Waals surface area (Å²) >= 11 is 0. The molecule has 0 bridgehead atoms. The molecule has 3 rings (SSSR count). The molecule has 0 radical (unpaired) electrons. The number of rotatable bonds is 2. The summed E-state index contributed by atoms with van der Waals surface area (Å²) in [5.41, 5.74) is 1.73. The van der Waals surface area contributed by atoms with Gasteiger partial charge in [-0.05, 0) is 38.1 Å². The Labute approximate surface area is 101 Å². The molecule has 1 unspecified atom stereocenters. The summed E-state index contributed by atoms with van der Waals surface area (Å²) in [5.74, 6) is 0.250. The van der Waals surface area contributed by atoms with Gasteiger partial charge in [0.05, 0.1) is 11.7 Å². The van der Waals surface area contributed by atoms with Gasteiger partial charge in [0.2, 0.25) is 0 Å². The van der Waals surface area contributed by atoms with Crippen molar-refractivity contribution in [2.75, 3.05) is 13.1 Å². The lowest BCUT2D eigenvalue weighted by molar-refractivity contribution is 0.267. The normalized spacial score (nSPS) is 21.4. The van der Waals surface area contributed by atoms with Gasteiger partial charge in [0.1, 0.15) is 0 Å². The number of aromatic hydroxyl groups is 1. The van der Waals surface area contributed by atoms with Crippen LogP contribution in [0.15, 0.2) is 24.5 Å². The number of hydrogen-bond acceptors (Lipinski definition) is 3. The third-order valence-corrected chi connectivity index (χ3v) is 3.59. The highest BCUT2D eigenvalue weighted by Gasteiger charge is 2.26. The maximum atomic E-state index is 9.75. The minimum atomic E-state index is 0.250. The van der Waals surface area contributed by atoms with Crippen LogP contribution in [0, 0.1) is 0 Å². The van der Waals surface area contributed by atoms with Crippen LogP contribution in [-0.4, -0.2) is 32.5 Å². The van der Waals surface area contributed by atoms with Crippen molar-refractivity contribution in [1.82, 2.24) is 14.3 Å². The maximum absolute atomic E-state index is 9.75. The summed E-state index contributed by atoms with van der Waals surface area (Å²) in [4.78, 5) is 7.01. The Bertz CT molecular complexity index is 534. The number of pyridine rings is 1. The van der Waals surface area contributed by atoms with E-state index in [-0.39, 0.29) is 5.75 Å². The van der Waals surface area contributed by atoms with E-state index in [0.29, 0.717) is 11.7 Å². The average molecular weight is 231 g/mol. The van der Waals surface area contributed by atoms with Crippen LogP contribution in [0.2, 0.25) is 0 Å². The molecule has 1 aliphatic rings. The Kier molecular flexibility index (Phi) is 2.52. The van der Waals surface area contributed by atoms with Gasteiger partial charge in [-0.25, -0.2) is 4.98 Å². The van der Waals surface area contributed by atoms with Crippen molar-refractivity contribution in [2.24, 2.45) is 0 Å². The minimum Gasteiger partial charge on any atom is -0.504 e. The van der Waals surface area contributed by atoms with E-state index in [4.69, 9.17) is 0 Å². The Morgan fingerprint density at radius 2 is 2.41 bits per heavy atom. The molecular formula is C13H17N3O. The second-order valence-electron chi connectivity index (χ2n) is 4.58. The van der Waals surface area contributed by atoms with E-state index >= 15 is 0 Å². The highest BCUT2D eigenvalue weighted by atomic mass is 16.3. The third kappa shape index (κ3) is 1.69. The molecule has 17 heavy (non-hydrogen) atoms. The molecule has 90 valence electrons. The smallest absolute Gasteiger partial charge is 0.179 e. The quantitative estimate of drug-likeness (QED) is 0.861. The SMILES string of the molecule is CCN1CCCC1c1cn2cccc(O)c2n1. The second-order valence-corrected chi connectivity index (χ2v) is 4.58. The molecule has 0 saturated carbocycles. The number of likely N-dealkylation sites (tertiary alicyclic amines) is 1. The van der Waals surface area contributed by atoms with Gasteiger partial charge in [-0.1, -0.05) is 6.92 Å². The minimum absolute atomic E-state index is 0.250. The third-order valence-electron chi connectivity index (χ3n) is 3.59. The van der Waals surface area contributed by atoms with Crippen LogP contribution in [0.3, 0.4) is 0 Å². The zero-order chi connectivity index (χ0) is 11.8. The molecule has 1 aliphatic heterocycles. The summed E-state index contributed by atoms with van der Waals surface area (Å²) in [5, 5.41) is 9.75. The first-order valence-electron chi connectivity index (χ1n) is 6.20. The van der Waals surface area contributed by atoms with Gasteiger partial charge >= 0.3 is 0 Å². The molecule has 1 N–H and O–H groups in total. The molecular weight excluding hydrogens is 214 g/mol. The fourth-order valence-corrected chi connectivity index (χ4v) is 2.72. The van der Waals surface area contributed by atoms with Crippen molar-refractivity contribution in [3.05, 3.63) is 30.2 Å². The fourth-order valence-electron chi connectivity index (χ4n) is 2.72. The number of nitrogens with zero attached hydrogens (tertiary/aromatic N) is 3. The van der Waals surface area contributed by atoms with Crippen LogP contribution in [0.4, 0.5) is 0 Å². The predicted molar refractivity (Wildman–Crippen MR) is 66.1 cm³/mol. The van der Waals surface area contributed by atoms with Crippen LogP contribution in [0.5, 0.6) is 5.75 Å². The van der Waals surface area contributed by atoms with Crippen molar-refractivity contribution in [2.45, 2.75) is 25.8 Å². The standard InChI is InChI=1S/C13H17N3O/c1-2-15-7-3-5-11(15)10-9-16-8-4-6-12(17)13(16)14-10/h4,6,8-9,11,17H,2-3,5,7H2,1H3. The topological polar surface area (TPSA) is 40.8 Å². The van der Waals surface area contributed by atoms with E-state index in [1.165, 1.54) is 12.8 Å². The van der Waals surface area contributed by atoms with Crippen LogP contribution < -0.4 is 0 Å². The van der Waals surface area contributed by atoms with Crippen molar-refractivity contribution >= 4 is 5.65 Å². The van der Waals surface area contributed by atoms with Crippen LogP contribution in [-0.2, 0) is 0 Å². The highest BCUT2D eigenvalue weighted by molar-refractivity contribution is 5.53. The van der Waals surface area contributed by atoms with Crippen molar-refractivity contribution in [3.8, 4) is 5.75 Å². The first kappa shape index (κ1) is 10.6. The first-order chi connectivity index (χ1) is 8.29. The summed E-state index contributed by atoms with van der Waals surface area (Å²) < 4.78 is 1.90. The second kappa shape index (κ2) is 4.04. The van der Waals surface area contributed by atoms with Crippen molar-refractivity contribution in [1.29, 1.82) is 0 Å². The number of imidazole rings is 1. The monoisotopic (exact) mass is 231 g/mol. The summed E-state index contributed by atoms with van der Waals surface area (Å²) in [6.07, 6.45) is 6.36. The first-order valence-corrected chi connectivity index (χ1v) is 6.20. The Morgan fingerprint density at radius 1 is 1.53 bits per heavy atom. The van der Waals surface area contributed by atoms with Crippen molar-refractivity contribution in [3.63, 3.8) is 0 Å². The molecule has 0 spiro atoms. The lowest BCUT2D eigenvalue weighted by Gasteiger charge is -2.20. The molecule has 0 aromatic carbocycles. The van der Waals surface area contributed by atoms with Gasteiger partial charge in [0, 0.05) is 12.4 Å². The fraction of sp³-hybridized carbons (Fsp3) is 0.462. The van der Waals surface area contributed by atoms with Crippen LogP contribution >= 0.6 is 0 Å². The predicted octanol–water partition coefficient (Wildman–Crippen LogP) is 2.20. The van der Waals surface area contributed by atoms with E-state index in [0.717, 1.165) is 18.8 Å². The summed E-state index contributed by atoms with van der Waals surface area (Å²) in [7, 11) is 0. The molecule has 0 aliphatic carbocycles. The molecule has 2 aromatic heterocycles. The highest BCUT2D eigenvalue weighted by Crippen LogP contribution is 2.31. The number of hydrogen-bond donors (Lipinski definition) is 1. The molecule has 3 heterocycles. The summed E-state index contributed by atoms with van der Waals surface area (Å²) in [6.45, 7) is 4.40. The molecule has 2 aromatic rings. The number of fused-ring (bicyclic) bond motifs is 1. The van der Waals surface area contributed by atoms with E-state index < -0.39 is 0 Å². The Morgan fingerprint density at radius 3 is 3.18 bits per heavy atom. The zero-order valence-electron chi connectivity index (χ0n) is 10.0. The van der Waals surface area contributed by atoms with Gasteiger partial charge in [-0.3, -0.25) is 4.90 Å². The summed E-state index contributed by atoms with van der Waals surface area (Å²) in [6, 6.07) is 3.93. The van der Waals surface area contributed by atoms with Crippen LogP contribution in [0.25, 0.3) is 5.65 Å². The molecule has 4 nitrogen and oxygen atoms in total. The van der Waals surface area contributed by atoms with Gasteiger partial charge < -0.3 is 9.51 Å². The molecule has 4 heteroatoms. The largest absolute Gasteiger partial charge is 0.504 e. The maximum Gasteiger partial charge on any atom is 0.179 e. The average Bonchev–Trinajstić information content (AvgIpc) is 2.94. The van der Waals surface area contributed by atoms with E-state index in [9.17, 15) is 5.11 Å². The van der Waals surface area contributed by atoms with Crippen molar-refractivity contribution < 1.29 is 5.11 Å². The molecule has 1 saturated heterocycles. The lowest BCUT2D eigenvalue weighted by atomic mass is 10.1. The van der Waals surface area contributed by atoms with E-state index in [1.807, 2.05) is 22.9 Å². The number of aromatic nitrogens is 2. The van der Waals surface area contributed by atoms with E-state index in [1.54, 1.807) is 6.07 Å². The van der Waals surface area contributed by atoms with Gasteiger partial charge in [0.25, 0.3) is 0 Å². The lowest BCUT2D eigenvalue weighted by Crippen LogP contribution is -2.22. The van der Waals surface area contributed by atoms with Crippen LogP contribution in [0.1, 0.15) is 31.5 Å². The Hall–Kier alpha value is -1.55. The molecule has 1 fully saturated rings. The molecule has 0 amide bonds. The van der Waals surface area contributed by atoms with E-state index in [2.05, 4.69) is 16.8 Å². The van der Waals surface area contributed by atoms with Gasteiger partial charge in [-0.2, -0.15) is 0 Å². The van der Waals surface area contributed by atoms with Gasteiger partial charge in [-0.15, -0.1) is 0 Å². The molecule has 1 atom stereocenters.